The summed E-state index contributed by atoms with van der Waals surface area (Å²) in [6, 6.07) is 7.49. The van der Waals surface area contributed by atoms with Gasteiger partial charge < -0.3 is 15.2 Å². The van der Waals surface area contributed by atoms with Crippen molar-refractivity contribution in [2.45, 2.75) is 26.4 Å². The Bertz CT molecular complexity index is 639. The summed E-state index contributed by atoms with van der Waals surface area (Å²) in [4.78, 5) is 12.3. The molecule has 0 radical (unpaired) electrons. The number of hydrogen-bond donors (Lipinski definition) is 1. The molecule has 112 valence electrons. The zero-order chi connectivity index (χ0) is 15.6. The number of rotatable bonds is 3. The summed E-state index contributed by atoms with van der Waals surface area (Å²) in [5.41, 5.74) is 7.52. The van der Waals surface area contributed by atoms with Gasteiger partial charge in [-0.25, -0.2) is 4.79 Å². The molecule has 21 heavy (non-hydrogen) atoms. The van der Waals surface area contributed by atoms with Crippen LogP contribution in [0.15, 0.2) is 29.6 Å². The smallest absolute Gasteiger partial charge is 0.342 e. The van der Waals surface area contributed by atoms with Gasteiger partial charge in [-0.1, -0.05) is 12.1 Å². The minimum Gasteiger partial charge on any atom is -0.497 e. The molecule has 0 saturated heterocycles. The van der Waals surface area contributed by atoms with Crippen molar-refractivity contribution in [3.05, 3.63) is 35.2 Å². The van der Waals surface area contributed by atoms with Crippen LogP contribution in [0.1, 0.15) is 31.1 Å². The minimum absolute atomic E-state index is 0.396. The quantitative estimate of drug-likeness (QED) is 0.872. The van der Waals surface area contributed by atoms with Gasteiger partial charge in [0.15, 0.2) is 0 Å². The Hall–Kier alpha value is -2.01. The third-order valence-corrected chi connectivity index (χ3v) is 3.64. The first-order valence-corrected chi connectivity index (χ1v) is 7.44. The molecule has 0 atom stereocenters. The van der Waals surface area contributed by atoms with Crippen LogP contribution >= 0.6 is 11.3 Å². The van der Waals surface area contributed by atoms with Gasteiger partial charge in [-0.15, -0.1) is 11.3 Å². The predicted molar refractivity (Wildman–Crippen MR) is 85.9 cm³/mol. The van der Waals surface area contributed by atoms with E-state index in [2.05, 4.69) is 0 Å². The Morgan fingerprint density at radius 3 is 2.33 bits per heavy atom. The molecule has 0 saturated carbocycles. The van der Waals surface area contributed by atoms with Crippen LogP contribution in [0.25, 0.3) is 11.1 Å². The lowest BCUT2D eigenvalue weighted by molar-refractivity contribution is 0.00722. The van der Waals surface area contributed by atoms with E-state index in [1.807, 2.05) is 50.4 Å². The van der Waals surface area contributed by atoms with E-state index in [0.717, 1.165) is 16.9 Å². The molecule has 4 nitrogen and oxygen atoms in total. The molecule has 1 heterocycles. The van der Waals surface area contributed by atoms with E-state index < -0.39 is 11.6 Å². The molecule has 0 aliphatic carbocycles. The van der Waals surface area contributed by atoms with E-state index in [-0.39, 0.29) is 0 Å². The Kier molecular flexibility index (Phi) is 4.23. The van der Waals surface area contributed by atoms with E-state index in [9.17, 15) is 4.79 Å². The van der Waals surface area contributed by atoms with Gasteiger partial charge in [0.1, 0.15) is 21.9 Å². The molecule has 0 fully saturated rings. The van der Waals surface area contributed by atoms with E-state index in [1.165, 1.54) is 11.3 Å². The molecule has 0 spiro atoms. The molecule has 0 unspecified atom stereocenters. The molecule has 2 rings (SSSR count). The summed E-state index contributed by atoms with van der Waals surface area (Å²) < 4.78 is 10.6. The van der Waals surface area contributed by atoms with Gasteiger partial charge in [0.25, 0.3) is 0 Å². The maximum atomic E-state index is 12.3. The van der Waals surface area contributed by atoms with Gasteiger partial charge in [-0.3, -0.25) is 0 Å². The summed E-state index contributed by atoms with van der Waals surface area (Å²) in [5, 5.41) is 2.34. The van der Waals surface area contributed by atoms with Gasteiger partial charge in [0.2, 0.25) is 0 Å². The van der Waals surface area contributed by atoms with Gasteiger partial charge in [0, 0.05) is 10.9 Å². The molecule has 1 aromatic carbocycles. The Morgan fingerprint density at radius 1 is 1.19 bits per heavy atom. The highest BCUT2D eigenvalue weighted by Gasteiger charge is 2.24. The number of anilines is 1. The lowest BCUT2D eigenvalue weighted by Crippen LogP contribution is -2.24. The van der Waals surface area contributed by atoms with Crippen LogP contribution < -0.4 is 10.5 Å². The second-order valence-electron chi connectivity index (χ2n) is 5.62. The average Bonchev–Trinajstić information content (AvgIpc) is 2.79. The SMILES string of the molecule is COc1ccc(-c2csc(N)c2C(=O)OC(C)(C)C)cc1. The first kappa shape index (κ1) is 15.4. The average molecular weight is 305 g/mol. The number of thiophene rings is 1. The fourth-order valence-corrected chi connectivity index (χ4v) is 2.71. The molecule has 2 N–H and O–H groups in total. The monoisotopic (exact) mass is 305 g/mol. The van der Waals surface area contributed by atoms with Gasteiger partial charge >= 0.3 is 5.97 Å². The molecular formula is C16H19NO3S. The van der Waals surface area contributed by atoms with Gasteiger partial charge in [0.05, 0.1) is 7.11 Å². The van der Waals surface area contributed by atoms with Crippen LogP contribution in [-0.4, -0.2) is 18.7 Å². The largest absolute Gasteiger partial charge is 0.497 e. The number of methoxy groups -OCH3 is 1. The maximum Gasteiger partial charge on any atom is 0.342 e. The van der Waals surface area contributed by atoms with Crippen LogP contribution in [0.2, 0.25) is 0 Å². The Balaban J connectivity index is 2.39. The van der Waals surface area contributed by atoms with Gasteiger partial charge in [-0.2, -0.15) is 0 Å². The number of ether oxygens (including phenoxy) is 2. The van der Waals surface area contributed by atoms with Crippen LogP contribution in [0.4, 0.5) is 5.00 Å². The third-order valence-electron chi connectivity index (χ3n) is 2.82. The second kappa shape index (κ2) is 5.77. The maximum absolute atomic E-state index is 12.3. The molecule has 5 heteroatoms. The number of benzene rings is 1. The summed E-state index contributed by atoms with van der Waals surface area (Å²) in [6.07, 6.45) is 0. The number of esters is 1. The van der Waals surface area contributed by atoms with Crippen molar-refractivity contribution >= 4 is 22.3 Å². The summed E-state index contributed by atoms with van der Waals surface area (Å²) in [5.74, 6) is 0.368. The zero-order valence-electron chi connectivity index (χ0n) is 12.6. The number of hydrogen-bond acceptors (Lipinski definition) is 5. The van der Waals surface area contributed by atoms with Crippen molar-refractivity contribution < 1.29 is 14.3 Å². The van der Waals surface area contributed by atoms with Crippen molar-refractivity contribution in [1.82, 2.24) is 0 Å². The van der Waals surface area contributed by atoms with Crippen molar-refractivity contribution in [2.24, 2.45) is 0 Å². The van der Waals surface area contributed by atoms with Crippen LogP contribution in [0.5, 0.6) is 5.75 Å². The fourth-order valence-electron chi connectivity index (χ4n) is 1.90. The normalized spacial score (nSPS) is 11.2. The molecular weight excluding hydrogens is 286 g/mol. The van der Waals surface area contributed by atoms with Gasteiger partial charge in [-0.05, 0) is 38.5 Å². The summed E-state index contributed by atoms with van der Waals surface area (Å²) >= 11 is 1.34. The number of carbonyl (C=O) groups is 1. The Labute approximate surface area is 128 Å². The molecule has 0 bridgehead atoms. The van der Waals surface area contributed by atoms with Crippen molar-refractivity contribution in [1.29, 1.82) is 0 Å². The highest BCUT2D eigenvalue weighted by Crippen LogP contribution is 2.35. The van der Waals surface area contributed by atoms with Crippen molar-refractivity contribution in [2.75, 3.05) is 12.8 Å². The second-order valence-corrected chi connectivity index (χ2v) is 6.53. The summed E-state index contributed by atoms with van der Waals surface area (Å²) in [6.45, 7) is 5.50. The number of nitrogens with two attached hydrogens (primary N) is 1. The highest BCUT2D eigenvalue weighted by atomic mass is 32.1. The first-order valence-electron chi connectivity index (χ1n) is 6.56. The molecule has 0 aliphatic heterocycles. The molecule has 2 aromatic rings. The van der Waals surface area contributed by atoms with Crippen LogP contribution in [0, 0.1) is 0 Å². The standard InChI is InChI=1S/C16H19NO3S/c1-16(2,3)20-15(18)13-12(9-21-14(13)17)10-5-7-11(19-4)8-6-10/h5-9H,17H2,1-4H3. The van der Waals surface area contributed by atoms with E-state index in [4.69, 9.17) is 15.2 Å². The van der Waals surface area contributed by atoms with E-state index in [0.29, 0.717) is 10.6 Å². The lowest BCUT2D eigenvalue weighted by Gasteiger charge is -2.20. The zero-order valence-corrected chi connectivity index (χ0v) is 13.4. The van der Waals surface area contributed by atoms with Crippen LogP contribution in [0.3, 0.4) is 0 Å². The minimum atomic E-state index is -0.553. The Morgan fingerprint density at radius 2 is 1.81 bits per heavy atom. The highest BCUT2D eigenvalue weighted by molar-refractivity contribution is 7.14. The van der Waals surface area contributed by atoms with Crippen molar-refractivity contribution in [3.8, 4) is 16.9 Å². The van der Waals surface area contributed by atoms with E-state index in [1.54, 1.807) is 7.11 Å². The molecule has 1 aromatic heterocycles. The third kappa shape index (κ3) is 3.55. The fraction of sp³-hybridized carbons (Fsp3) is 0.312. The molecule has 0 aliphatic rings. The topological polar surface area (TPSA) is 61.5 Å². The predicted octanol–water partition coefficient (Wildman–Crippen LogP) is 3.96. The van der Waals surface area contributed by atoms with Crippen molar-refractivity contribution in [3.63, 3.8) is 0 Å². The van der Waals surface area contributed by atoms with Crippen LogP contribution in [-0.2, 0) is 4.74 Å². The first-order chi connectivity index (χ1) is 9.81. The van der Waals surface area contributed by atoms with E-state index >= 15 is 0 Å². The number of nitrogen functional groups attached to an aromatic ring is 1. The lowest BCUT2D eigenvalue weighted by atomic mass is 10.0. The number of carbonyl (C=O) groups excluding carboxylic acids is 1. The summed E-state index contributed by atoms with van der Waals surface area (Å²) in [7, 11) is 1.61. The molecule has 0 amide bonds.